The van der Waals surface area contributed by atoms with E-state index >= 15 is 0 Å². The minimum Gasteiger partial charge on any atom is -0.496 e. The van der Waals surface area contributed by atoms with Gasteiger partial charge in [-0.05, 0) is 35.9 Å². The SMILES string of the molecule is COc1cc(CNC(=O)c2cc(Cl)ccc2F)ccc1C(=O)O. The Balaban J connectivity index is 2.13. The molecule has 0 unspecified atom stereocenters. The molecule has 2 aromatic carbocycles. The lowest BCUT2D eigenvalue weighted by Crippen LogP contribution is -2.24. The van der Waals surface area contributed by atoms with Crippen molar-refractivity contribution in [2.24, 2.45) is 0 Å². The lowest BCUT2D eigenvalue weighted by molar-refractivity contribution is 0.0693. The number of ether oxygens (including phenoxy) is 1. The summed E-state index contributed by atoms with van der Waals surface area (Å²) >= 11 is 5.75. The van der Waals surface area contributed by atoms with Crippen LogP contribution in [0.2, 0.25) is 5.02 Å². The molecule has 120 valence electrons. The average molecular weight is 338 g/mol. The number of benzene rings is 2. The van der Waals surface area contributed by atoms with Crippen molar-refractivity contribution in [1.29, 1.82) is 0 Å². The molecule has 5 nitrogen and oxygen atoms in total. The molecule has 0 bridgehead atoms. The summed E-state index contributed by atoms with van der Waals surface area (Å²) in [6.07, 6.45) is 0. The number of halogens is 2. The first kappa shape index (κ1) is 16.8. The maximum absolute atomic E-state index is 13.6. The smallest absolute Gasteiger partial charge is 0.339 e. The van der Waals surface area contributed by atoms with Gasteiger partial charge in [0.1, 0.15) is 17.1 Å². The van der Waals surface area contributed by atoms with Gasteiger partial charge < -0.3 is 15.2 Å². The molecule has 0 atom stereocenters. The van der Waals surface area contributed by atoms with E-state index in [-0.39, 0.29) is 28.4 Å². The summed E-state index contributed by atoms with van der Waals surface area (Å²) in [5.41, 5.74) is 0.470. The number of hydrogen-bond donors (Lipinski definition) is 2. The highest BCUT2D eigenvalue weighted by Crippen LogP contribution is 2.20. The zero-order chi connectivity index (χ0) is 17.0. The first-order chi connectivity index (χ1) is 10.9. The Kier molecular flexibility index (Phi) is 5.18. The van der Waals surface area contributed by atoms with Crippen LogP contribution in [0.25, 0.3) is 0 Å². The molecule has 0 aromatic heterocycles. The molecule has 23 heavy (non-hydrogen) atoms. The highest BCUT2D eigenvalue weighted by atomic mass is 35.5. The number of rotatable bonds is 5. The van der Waals surface area contributed by atoms with Crippen LogP contribution in [-0.2, 0) is 6.54 Å². The molecule has 7 heteroatoms. The first-order valence-corrected chi connectivity index (χ1v) is 6.93. The monoisotopic (exact) mass is 337 g/mol. The standard InChI is InChI=1S/C16H13ClFNO4/c1-23-14-6-9(2-4-11(14)16(21)22)8-19-15(20)12-7-10(17)3-5-13(12)18/h2-7H,8H2,1H3,(H,19,20)(H,21,22). The van der Waals surface area contributed by atoms with E-state index in [1.165, 1.54) is 31.4 Å². The lowest BCUT2D eigenvalue weighted by atomic mass is 10.1. The van der Waals surface area contributed by atoms with Gasteiger partial charge in [0.05, 0.1) is 12.7 Å². The lowest BCUT2D eigenvalue weighted by Gasteiger charge is -2.10. The second-order valence-electron chi connectivity index (χ2n) is 4.65. The fourth-order valence-electron chi connectivity index (χ4n) is 1.97. The second-order valence-corrected chi connectivity index (χ2v) is 5.08. The van der Waals surface area contributed by atoms with E-state index in [0.29, 0.717) is 5.56 Å². The number of nitrogens with one attached hydrogen (secondary N) is 1. The molecule has 2 aromatic rings. The molecule has 0 saturated heterocycles. The van der Waals surface area contributed by atoms with Gasteiger partial charge in [0.25, 0.3) is 5.91 Å². The molecular weight excluding hydrogens is 325 g/mol. The maximum atomic E-state index is 13.6. The second kappa shape index (κ2) is 7.11. The molecule has 0 aliphatic heterocycles. The highest BCUT2D eigenvalue weighted by molar-refractivity contribution is 6.31. The summed E-state index contributed by atoms with van der Waals surface area (Å²) in [6.45, 7) is 0.0844. The van der Waals surface area contributed by atoms with E-state index in [0.717, 1.165) is 6.07 Å². The third kappa shape index (κ3) is 3.98. The van der Waals surface area contributed by atoms with Gasteiger partial charge in [-0.1, -0.05) is 17.7 Å². The van der Waals surface area contributed by atoms with Gasteiger partial charge in [-0.25, -0.2) is 9.18 Å². The topological polar surface area (TPSA) is 75.6 Å². The van der Waals surface area contributed by atoms with E-state index in [9.17, 15) is 14.0 Å². The summed E-state index contributed by atoms with van der Waals surface area (Å²) in [5.74, 6) is -2.23. The van der Waals surface area contributed by atoms with Crippen molar-refractivity contribution >= 4 is 23.5 Å². The minimum atomic E-state index is -1.11. The Morgan fingerprint density at radius 3 is 2.61 bits per heavy atom. The van der Waals surface area contributed by atoms with Crippen molar-refractivity contribution in [1.82, 2.24) is 5.32 Å². The van der Waals surface area contributed by atoms with E-state index in [4.69, 9.17) is 21.4 Å². The molecule has 0 spiro atoms. The minimum absolute atomic E-state index is 0.0171. The molecule has 0 saturated carbocycles. The molecule has 0 fully saturated rings. The molecule has 1 amide bonds. The molecule has 2 N–H and O–H groups in total. The average Bonchev–Trinajstić information content (AvgIpc) is 2.54. The summed E-state index contributed by atoms with van der Waals surface area (Å²) < 4.78 is 18.6. The molecule has 0 heterocycles. The summed E-state index contributed by atoms with van der Waals surface area (Å²) in [7, 11) is 1.35. The highest BCUT2D eigenvalue weighted by Gasteiger charge is 2.14. The fourth-order valence-corrected chi connectivity index (χ4v) is 2.14. The van der Waals surface area contributed by atoms with Crippen LogP contribution in [0.3, 0.4) is 0 Å². The Morgan fingerprint density at radius 1 is 1.22 bits per heavy atom. The Morgan fingerprint density at radius 2 is 1.96 bits per heavy atom. The predicted molar refractivity (Wildman–Crippen MR) is 82.5 cm³/mol. The van der Waals surface area contributed by atoms with Crippen LogP contribution in [0.5, 0.6) is 5.75 Å². The van der Waals surface area contributed by atoms with Gasteiger partial charge in [-0.15, -0.1) is 0 Å². The normalized spacial score (nSPS) is 10.2. The van der Waals surface area contributed by atoms with Crippen LogP contribution in [0.4, 0.5) is 4.39 Å². The number of methoxy groups -OCH3 is 1. The number of carboxylic acids is 1. The van der Waals surface area contributed by atoms with Crippen LogP contribution in [0.15, 0.2) is 36.4 Å². The predicted octanol–water partition coefficient (Wildman–Crippen LogP) is 3.12. The number of amides is 1. The largest absolute Gasteiger partial charge is 0.496 e. The summed E-state index contributed by atoms with van der Waals surface area (Å²) in [4.78, 5) is 23.0. The van der Waals surface area contributed by atoms with Crippen molar-refractivity contribution in [2.75, 3.05) is 7.11 Å². The molecule has 2 rings (SSSR count). The van der Waals surface area contributed by atoms with Crippen LogP contribution in [-0.4, -0.2) is 24.1 Å². The van der Waals surface area contributed by atoms with Crippen molar-refractivity contribution in [3.8, 4) is 5.75 Å². The van der Waals surface area contributed by atoms with Crippen LogP contribution in [0, 0.1) is 5.82 Å². The van der Waals surface area contributed by atoms with Gasteiger partial charge in [0.15, 0.2) is 0 Å². The van der Waals surface area contributed by atoms with Crippen LogP contribution in [0.1, 0.15) is 26.3 Å². The number of aromatic carboxylic acids is 1. The van der Waals surface area contributed by atoms with Crippen molar-refractivity contribution in [3.05, 3.63) is 63.9 Å². The number of carbonyl (C=O) groups is 2. The fraction of sp³-hybridized carbons (Fsp3) is 0.125. The molecular formula is C16H13ClFNO4. The summed E-state index contributed by atoms with van der Waals surface area (Å²) in [5, 5.41) is 11.8. The number of hydrogen-bond acceptors (Lipinski definition) is 3. The van der Waals surface area contributed by atoms with E-state index in [2.05, 4.69) is 5.32 Å². The van der Waals surface area contributed by atoms with E-state index < -0.39 is 17.7 Å². The zero-order valence-corrected chi connectivity index (χ0v) is 12.9. The third-order valence-electron chi connectivity index (χ3n) is 3.12. The Labute approximate surface area is 136 Å². The van der Waals surface area contributed by atoms with Crippen molar-refractivity contribution in [2.45, 2.75) is 6.54 Å². The quantitative estimate of drug-likeness (QED) is 0.879. The van der Waals surface area contributed by atoms with Crippen LogP contribution < -0.4 is 10.1 Å². The first-order valence-electron chi connectivity index (χ1n) is 6.56. The number of carboxylic acid groups (broad SMARTS) is 1. The van der Waals surface area contributed by atoms with Gasteiger partial charge in [-0.3, -0.25) is 4.79 Å². The van der Waals surface area contributed by atoms with Crippen LogP contribution >= 0.6 is 11.6 Å². The Bertz CT molecular complexity index is 764. The number of carbonyl (C=O) groups excluding carboxylic acids is 1. The van der Waals surface area contributed by atoms with Gasteiger partial charge >= 0.3 is 5.97 Å². The zero-order valence-electron chi connectivity index (χ0n) is 12.1. The van der Waals surface area contributed by atoms with Gasteiger partial charge in [0, 0.05) is 11.6 Å². The maximum Gasteiger partial charge on any atom is 0.339 e. The van der Waals surface area contributed by atoms with E-state index in [1.807, 2.05) is 0 Å². The Hall–Kier alpha value is -2.60. The molecule has 0 aliphatic carbocycles. The van der Waals surface area contributed by atoms with Gasteiger partial charge in [-0.2, -0.15) is 0 Å². The van der Waals surface area contributed by atoms with Gasteiger partial charge in [0.2, 0.25) is 0 Å². The van der Waals surface area contributed by atoms with Crippen molar-refractivity contribution < 1.29 is 23.8 Å². The van der Waals surface area contributed by atoms with Crippen molar-refractivity contribution in [3.63, 3.8) is 0 Å². The third-order valence-corrected chi connectivity index (χ3v) is 3.36. The molecule has 0 radical (unpaired) electrons. The molecule has 0 aliphatic rings. The summed E-state index contributed by atoms with van der Waals surface area (Å²) in [6, 6.07) is 8.12. The van der Waals surface area contributed by atoms with E-state index in [1.54, 1.807) is 6.07 Å².